The first kappa shape index (κ1) is 13.9. The highest BCUT2D eigenvalue weighted by Crippen LogP contribution is 2.23. The third-order valence-electron chi connectivity index (χ3n) is 2.82. The van der Waals surface area contributed by atoms with Crippen LogP contribution in [-0.4, -0.2) is 20.2 Å². The van der Waals surface area contributed by atoms with Crippen LogP contribution in [0.2, 0.25) is 10.0 Å². The van der Waals surface area contributed by atoms with Crippen molar-refractivity contribution in [2.75, 3.05) is 0 Å². The van der Waals surface area contributed by atoms with Gasteiger partial charge >= 0.3 is 0 Å². The van der Waals surface area contributed by atoms with Crippen LogP contribution < -0.4 is 4.74 Å². The summed E-state index contributed by atoms with van der Waals surface area (Å²) < 4.78 is 7.30. The third-order valence-corrected chi connectivity index (χ3v) is 3.56. The fourth-order valence-electron chi connectivity index (χ4n) is 1.79. The van der Waals surface area contributed by atoms with Crippen molar-refractivity contribution in [3.63, 3.8) is 0 Å². The molecule has 0 aliphatic carbocycles. The lowest BCUT2D eigenvalue weighted by atomic mass is 10.2. The minimum atomic E-state index is 0.399. The Hall–Kier alpha value is -2.11. The standard InChI is InChI=1S/C14H10Cl2N4O/c15-13-5-4-10(6-14(13)16)8-21-12-3-1-2-11(7-12)20-9-17-18-19-20/h1-7,9H,8H2. The molecule has 3 rings (SSSR count). The molecule has 0 amide bonds. The van der Waals surface area contributed by atoms with Crippen LogP contribution >= 0.6 is 23.2 Å². The van der Waals surface area contributed by atoms with Gasteiger partial charge in [0.25, 0.3) is 0 Å². The number of rotatable bonds is 4. The molecule has 0 aliphatic heterocycles. The van der Waals surface area contributed by atoms with Crippen LogP contribution in [0.5, 0.6) is 5.75 Å². The summed E-state index contributed by atoms with van der Waals surface area (Å²) >= 11 is 11.9. The van der Waals surface area contributed by atoms with Gasteiger partial charge < -0.3 is 4.74 Å². The molecule has 5 nitrogen and oxygen atoms in total. The lowest BCUT2D eigenvalue weighted by molar-refractivity contribution is 0.306. The molecule has 21 heavy (non-hydrogen) atoms. The fourth-order valence-corrected chi connectivity index (χ4v) is 2.11. The van der Waals surface area contributed by atoms with Crippen LogP contribution in [0.1, 0.15) is 5.56 Å². The fraction of sp³-hybridized carbons (Fsp3) is 0.0714. The molecule has 0 unspecified atom stereocenters. The predicted octanol–water partition coefficient (Wildman–Crippen LogP) is 3.55. The minimum absolute atomic E-state index is 0.399. The second-order valence-electron chi connectivity index (χ2n) is 4.29. The molecule has 0 saturated heterocycles. The Bertz CT molecular complexity index is 746. The summed E-state index contributed by atoms with van der Waals surface area (Å²) in [4.78, 5) is 0. The normalized spacial score (nSPS) is 10.6. The molecular weight excluding hydrogens is 311 g/mol. The summed E-state index contributed by atoms with van der Waals surface area (Å²) in [6.07, 6.45) is 1.53. The molecule has 0 radical (unpaired) electrons. The number of hydrogen-bond acceptors (Lipinski definition) is 4. The molecule has 1 heterocycles. The average Bonchev–Trinajstić information content (AvgIpc) is 3.03. The highest BCUT2D eigenvalue weighted by atomic mass is 35.5. The van der Waals surface area contributed by atoms with Gasteiger partial charge in [-0.15, -0.1) is 5.10 Å². The van der Waals surface area contributed by atoms with Crippen molar-refractivity contribution >= 4 is 23.2 Å². The van der Waals surface area contributed by atoms with Crippen LogP contribution in [-0.2, 0) is 6.61 Å². The Morgan fingerprint density at radius 2 is 1.95 bits per heavy atom. The lowest BCUT2D eigenvalue weighted by Gasteiger charge is -2.08. The maximum atomic E-state index is 5.98. The van der Waals surface area contributed by atoms with Gasteiger partial charge in [-0.3, -0.25) is 0 Å². The summed E-state index contributed by atoms with van der Waals surface area (Å²) in [6, 6.07) is 12.9. The van der Waals surface area contributed by atoms with E-state index in [2.05, 4.69) is 15.5 Å². The zero-order valence-corrected chi connectivity index (χ0v) is 12.3. The molecule has 0 spiro atoms. The summed E-state index contributed by atoms with van der Waals surface area (Å²) in [5.41, 5.74) is 1.77. The quantitative estimate of drug-likeness (QED) is 0.737. The van der Waals surface area contributed by atoms with E-state index in [1.165, 1.54) is 6.33 Å². The number of nitrogens with zero attached hydrogens (tertiary/aromatic N) is 4. The first-order chi connectivity index (χ1) is 10.2. The van der Waals surface area contributed by atoms with Gasteiger partial charge in [-0.05, 0) is 40.3 Å². The molecule has 0 saturated carbocycles. The Balaban J connectivity index is 1.73. The van der Waals surface area contributed by atoms with E-state index in [0.29, 0.717) is 22.4 Å². The van der Waals surface area contributed by atoms with Gasteiger partial charge in [0.05, 0.1) is 15.7 Å². The zero-order chi connectivity index (χ0) is 14.7. The first-order valence-corrected chi connectivity index (χ1v) is 6.88. The van der Waals surface area contributed by atoms with Crippen LogP contribution in [0.25, 0.3) is 5.69 Å². The Morgan fingerprint density at radius 3 is 2.71 bits per heavy atom. The van der Waals surface area contributed by atoms with E-state index >= 15 is 0 Å². The van der Waals surface area contributed by atoms with E-state index in [0.717, 1.165) is 11.3 Å². The third kappa shape index (κ3) is 3.32. The molecular formula is C14H10Cl2N4O. The molecule has 2 aromatic carbocycles. The van der Waals surface area contributed by atoms with E-state index in [1.54, 1.807) is 16.8 Å². The zero-order valence-electron chi connectivity index (χ0n) is 10.8. The highest BCUT2D eigenvalue weighted by Gasteiger charge is 2.03. The van der Waals surface area contributed by atoms with Gasteiger partial charge in [-0.1, -0.05) is 35.3 Å². The smallest absolute Gasteiger partial charge is 0.143 e. The maximum absolute atomic E-state index is 5.98. The van der Waals surface area contributed by atoms with Crippen LogP contribution in [0.4, 0.5) is 0 Å². The summed E-state index contributed by atoms with van der Waals surface area (Å²) in [7, 11) is 0. The van der Waals surface area contributed by atoms with Gasteiger partial charge in [-0.25, -0.2) is 4.68 Å². The SMILES string of the molecule is Clc1ccc(COc2cccc(-n3cnnn3)c2)cc1Cl. The van der Waals surface area contributed by atoms with Gasteiger partial charge in [0.2, 0.25) is 0 Å². The van der Waals surface area contributed by atoms with Crippen molar-refractivity contribution in [3.05, 3.63) is 64.4 Å². The number of hydrogen-bond donors (Lipinski definition) is 0. The highest BCUT2D eigenvalue weighted by molar-refractivity contribution is 6.42. The lowest BCUT2D eigenvalue weighted by Crippen LogP contribution is -1.98. The molecule has 0 N–H and O–H groups in total. The number of ether oxygens (including phenoxy) is 1. The van der Waals surface area contributed by atoms with E-state index in [1.807, 2.05) is 30.3 Å². The molecule has 3 aromatic rings. The van der Waals surface area contributed by atoms with E-state index in [4.69, 9.17) is 27.9 Å². The molecule has 0 fully saturated rings. The van der Waals surface area contributed by atoms with Crippen LogP contribution in [0.3, 0.4) is 0 Å². The van der Waals surface area contributed by atoms with Gasteiger partial charge in [0.15, 0.2) is 0 Å². The van der Waals surface area contributed by atoms with Crippen molar-refractivity contribution in [2.24, 2.45) is 0 Å². The second-order valence-corrected chi connectivity index (χ2v) is 5.10. The van der Waals surface area contributed by atoms with Crippen molar-refractivity contribution in [3.8, 4) is 11.4 Å². The molecule has 7 heteroatoms. The number of benzene rings is 2. The summed E-state index contributed by atoms with van der Waals surface area (Å²) in [5.74, 6) is 0.717. The van der Waals surface area contributed by atoms with Gasteiger partial charge in [0.1, 0.15) is 18.7 Å². The summed E-state index contributed by atoms with van der Waals surface area (Å²) in [5, 5.41) is 12.1. The van der Waals surface area contributed by atoms with Gasteiger partial charge in [0, 0.05) is 6.07 Å². The summed E-state index contributed by atoms with van der Waals surface area (Å²) in [6.45, 7) is 0.399. The van der Waals surface area contributed by atoms with Gasteiger partial charge in [-0.2, -0.15) is 0 Å². The van der Waals surface area contributed by atoms with Crippen molar-refractivity contribution in [1.29, 1.82) is 0 Å². The maximum Gasteiger partial charge on any atom is 0.143 e. The van der Waals surface area contributed by atoms with Crippen molar-refractivity contribution in [1.82, 2.24) is 20.2 Å². The van der Waals surface area contributed by atoms with Crippen molar-refractivity contribution < 1.29 is 4.74 Å². The average molecular weight is 321 g/mol. The molecule has 0 aliphatic rings. The first-order valence-electron chi connectivity index (χ1n) is 6.12. The van der Waals surface area contributed by atoms with Crippen LogP contribution in [0, 0.1) is 0 Å². The topological polar surface area (TPSA) is 52.8 Å². The van der Waals surface area contributed by atoms with Crippen molar-refractivity contribution in [2.45, 2.75) is 6.61 Å². The Labute approximate surface area is 131 Å². The molecule has 0 atom stereocenters. The van der Waals surface area contributed by atoms with E-state index in [-0.39, 0.29) is 0 Å². The second kappa shape index (κ2) is 6.11. The monoisotopic (exact) mass is 320 g/mol. The number of halogens is 2. The number of tetrazole rings is 1. The Kier molecular flexibility index (Phi) is 4.03. The molecule has 1 aromatic heterocycles. The molecule has 106 valence electrons. The molecule has 0 bridgehead atoms. The predicted molar refractivity (Wildman–Crippen MR) is 79.9 cm³/mol. The Morgan fingerprint density at radius 1 is 1.05 bits per heavy atom. The largest absolute Gasteiger partial charge is 0.489 e. The number of aromatic nitrogens is 4. The van der Waals surface area contributed by atoms with E-state index in [9.17, 15) is 0 Å². The minimum Gasteiger partial charge on any atom is -0.489 e. The van der Waals surface area contributed by atoms with E-state index < -0.39 is 0 Å². The van der Waals surface area contributed by atoms with Crippen LogP contribution in [0.15, 0.2) is 48.8 Å².